The average molecular weight is 270 g/mol. The van der Waals surface area contributed by atoms with Gasteiger partial charge in [0.15, 0.2) is 0 Å². The molecule has 6 nitrogen and oxygen atoms in total. The van der Waals surface area contributed by atoms with E-state index in [1.807, 2.05) is 0 Å². The monoisotopic (exact) mass is 270 g/mol. The van der Waals surface area contributed by atoms with Gasteiger partial charge in [0, 0.05) is 0 Å². The van der Waals surface area contributed by atoms with Crippen LogP contribution in [-0.4, -0.2) is 49.1 Å². The minimum absolute atomic E-state index is 0.139. The first-order valence-corrected chi connectivity index (χ1v) is 5.52. The molecule has 1 aromatic rings. The van der Waals surface area contributed by atoms with Crippen LogP contribution >= 0.6 is 0 Å². The highest BCUT2D eigenvalue weighted by atomic mass is 16.5. The normalized spacial score (nSPS) is 10.8. The molecule has 0 heterocycles. The van der Waals surface area contributed by atoms with Crippen LogP contribution in [0, 0.1) is 0 Å². The molecular formula is C13H18O6. The maximum atomic E-state index is 11.2. The lowest BCUT2D eigenvalue weighted by atomic mass is 10.1. The summed E-state index contributed by atoms with van der Waals surface area (Å²) in [6, 6.07) is 6.33. The Labute approximate surface area is 111 Å². The maximum absolute atomic E-state index is 11.2. The van der Waals surface area contributed by atoms with Gasteiger partial charge in [-0.15, -0.1) is 0 Å². The molecule has 1 atom stereocenters. The summed E-state index contributed by atoms with van der Waals surface area (Å²) in [5.41, 5.74) is 0.420. The molecule has 0 saturated heterocycles. The lowest BCUT2D eigenvalue weighted by Crippen LogP contribution is -2.11. The van der Waals surface area contributed by atoms with Gasteiger partial charge in [-0.05, 0) is 19.1 Å². The molecule has 2 N–H and O–H groups in total. The summed E-state index contributed by atoms with van der Waals surface area (Å²) in [6.45, 7) is 1.39. The zero-order chi connectivity index (χ0) is 14.8. The average Bonchev–Trinajstić information content (AvgIpc) is 2.46. The first-order valence-electron chi connectivity index (χ1n) is 5.52. The fourth-order valence-electron chi connectivity index (χ4n) is 1.06. The standard InChI is InChI=1S/C10H10O4.C3H8O2/c1-13-9(11)7-5-3-4-6-8(7)10(12)14-2;1-3(5)2-4/h3-6H,1-2H3;3-5H,2H2,1H3. The number of benzene rings is 1. The molecule has 0 aromatic heterocycles. The van der Waals surface area contributed by atoms with Crippen LogP contribution in [0.2, 0.25) is 0 Å². The number of hydrogen-bond acceptors (Lipinski definition) is 6. The highest BCUT2D eigenvalue weighted by Gasteiger charge is 2.16. The number of aliphatic hydroxyl groups is 2. The topological polar surface area (TPSA) is 93.1 Å². The number of carbonyl (C=O) groups excluding carboxylic acids is 2. The Morgan fingerprint density at radius 2 is 1.42 bits per heavy atom. The number of ether oxygens (including phenoxy) is 2. The Bertz CT molecular complexity index is 378. The largest absolute Gasteiger partial charge is 0.465 e. The van der Waals surface area contributed by atoms with Gasteiger partial charge in [0.2, 0.25) is 0 Å². The molecular weight excluding hydrogens is 252 g/mol. The summed E-state index contributed by atoms with van der Waals surface area (Å²) in [5.74, 6) is -1.10. The second-order valence-corrected chi connectivity index (χ2v) is 3.56. The summed E-state index contributed by atoms with van der Waals surface area (Å²) >= 11 is 0. The first-order chi connectivity index (χ1) is 8.97. The number of hydrogen-bond donors (Lipinski definition) is 2. The second kappa shape index (κ2) is 9.07. The van der Waals surface area contributed by atoms with Crippen molar-refractivity contribution in [1.29, 1.82) is 0 Å². The third-order valence-electron chi connectivity index (χ3n) is 2.00. The van der Waals surface area contributed by atoms with Crippen LogP contribution in [0.4, 0.5) is 0 Å². The molecule has 19 heavy (non-hydrogen) atoms. The van der Waals surface area contributed by atoms with Gasteiger partial charge in [0.05, 0.1) is 38.1 Å². The van der Waals surface area contributed by atoms with E-state index in [2.05, 4.69) is 9.47 Å². The SMILES string of the molecule is CC(O)CO.COC(=O)c1ccccc1C(=O)OC. The minimum atomic E-state index is -0.560. The molecule has 0 aliphatic heterocycles. The molecule has 0 amide bonds. The third-order valence-corrected chi connectivity index (χ3v) is 2.00. The third kappa shape index (κ3) is 5.98. The maximum Gasteiger partial charge on any atom is 0.338 e. The molecule has 0 spiro atoms. The predicted octanol–water partition coefficient (Wildman–Crippen LogP) is 0.619. The Morgan fingerprint density at radius 1 is 1.11 bits per heavy atom. The lowest BCUT2D eigenvalue weighted by molar-refractivity contribution is 0.0555. The van der Waals surface area contributed by atoms with Crippen molar-refractivity contribution in [1.82, 2.24) is 0 Å². The van der Waals surface area contributed by atoms with Gasteiger partial charge in [-0.2, -0.15) is 0 Å². The van der Waals surface area contributed by atoms with Crippen molar-refractivity contribution in [3.05, 3.63) is 35.4 Å². The fourth-order valence-corrected chi connectivity index (χ4v) is 1.06. The summed E-state index contributed by atoms with van der Waals surface area (Å²) in [7, 11) is 2.52. The van der Waals surface area contributed by atoms with Crippen LogP contribution in [-0.2, 0) is 9.47 Å². The Kier molecular flexibility index (Phi) is 8.15. The number of methoxy groups -OCH3 is 2. The van der Waals surface area contributed by atoms with Gasteiger partial charge in [0.25, 0.3) is 0 Å². The van der Waals surface area contributed by atoms with Crippen LogP contribution < -0.4 is 0 Å². The van der Waals surface area contributed by atoms with Crippen LogP contribution in [0.1, 0.15) is 27.6 Å². The van der Waals surface area contributed by atoms with Crippen molar-refractivity contribution in [2.75, 3.05) is 20.8 Å². The first kappa shape index (κ1) is 17.1. The van der Waals surface area contributed by atoms with Crippen LogP contribution in [0.3, 0.4) is 0 Å². The molecule has 0 fully saturated rings. The molecule has 0 radical (unpaired) electrons. The van der Waals surface area contributed by atoms with E-state index in [0.717, 1.165) is 0 Å². The zero-order valence-electron chi connectivity index (χ0n) is 11.1. The van der Waals surface area contributed by atoms with Crippen LogP contribution in [0.15, 0.2) is 24.3 Å². The predicted molar refractivity (Wildman–Crippen MR) is 67.9 cm³/mol. The second-order valence-electron chi connectivity index (χ2n) is 3.56. The van der Waals surface area contributed by atoms with E-state index in [1.54, 1.807) is 12.1 Å². The molecule has 0 bridgehead atoms. The van der Waals surface area contributed by atoms with E-state index in [1.165, 1.54) is 33.3 Å². The fraction of sp³-hybridized carbons (Fsp3) is 0.385. The summed E-state index contributed by atoms with van der Waals surface area (Å²) in [5, 5.41) is 16.0. The van der Waals surface area contributed by atoms with E-state index in [-0.39, 0.29) is 17.7 Å². The summed E-state index contributed by atoms with van der Waals surface area (Å²) < 4.78 is 9.05. The smallest absolute Gasteiger partial charge is 0.338 e. The van der Waals surface area contributed by atoms with Crippen molar-refractivity contribution >= 4 is 11.9 Å². The molecule has 6 heteroatoms. The van der Waals surface area contributed by atoms with Crippen molar-refractivity contribution in [3.63, 3.8) is 0 Å². The van der Waals surface area contributed by atoms with E-state index in [0.29, 0.717) is 0 Å². The van der Waals surface area contributed by atoms with E-state index in [4.69, 9.17) is 10.2 Å². The summed E-state index contributed by atoms with van der Waals surface area (Å²) in [6.07, 6.45) is -0.560. The van der Waals surface area contributed by atoms with Crippen molar-refractivity contribution < 1.29 is 29.3 Å². The van der Waals surface area contributed by atoms with Gasteiger partial charge in [0.1, 0.15) is 0 Å². The Morgan fingerprint density at radius 3 is 1.63 bits per heavy atom. The van der Waals surface area contributed by atoms with Crippen LogP contribution in [0.5, 0.6) is 0 Å². The Hall–Kier alpha value is -1.92. The number of rotatable bonds is 3. The molecule has 0 aliphatic carbocycles. The lowest BCUT2D eigenvalue weighted by Gasteiger charge is -2.04. The summed E-state index contributed by atoms with van der Waals surface area (Å²) in [4.78, 5) is 22.4. The highest BCUT2D eigenvalue weighted by molar-refractivity contribution is 6.02. The minimum Gasteiger partial charge on any atom is -0.465 e. The van der Waals surface area contributed by atoms with Gasteiger partial charge >= 0.3 is 11.9 Å². The molecule has 106 valence electrons. The molecule has 1 unspecified atom stereocenters. The van der Waals surface area contributed by atoms with Crippen LogP contribution in [0.25, 0.3) is 0 Å². The number of aliphatic hydroxyl groups excluding tert-OH is 2. The number of esters is 2. The van der Waals surface area contributed by atoms with Gasteiger partial charge in [-0.25, -0.2) is 9.59 Å². The van der Waals surface area contributed by atoms with E-state index >= 15 is 0 Å². The Balaban J connectivity index is 0.000000555. The molecule has 1 aromatic carbocycles. The van der Waals surface area contributed by atoms with Gasteiger partial charge in [-0.1, -0.05) is 12.1 Å². The van der Waals surface area contributed by atoms with Crippen molar-refractivity contribution in [3.8, 4) is 0 Å². The van der Waals surface area contributed by atoms with Crippen molar-refractivity contribution in [2.45, 2.75) is 13.0 Å². The molecule has 0 aliphatic rings. The number of carbonyl (C=O) groups is 2. The quantitative estimate of drug-likeness (QED) is 0.782. The van der Waals surface area contributed by atoms with Gasteiger partial charge < -0.3 is 19.7 Å². The van der Waals surface area contributed by atoms with E-state index in [9.17, 15) is 9.59 Å². The highest BCUT2D eigenvalue weighted by Crippen LogP contribution is 2.10. The van der Waals surface area contributed by atoms with E-state index < -0.39 is 18.0 Å². The molecule has 1 rings (SSSR count). The zero-order valence-corrected chi connectivity index (χ0v) is 11.1. The van der Waals surface area contributed by atoms with Crippen molar-refractivity contribution in [2.24, 2.45) is 0 Å². The van der Waals surface area contributed by atoms with Gasteiger partial charge in [-0.3, -0.25) is 0 Å². The molecule has 0 saturated carbocycles.